The van der Waals surface area contributed by atoms with Crippen LogP contribution in [0.25, 0.3) is 33.9 Å². The van der Waals surface area contributed by atoms with E-state index in [1.54, 1.807) is 0 Å². The Morgan fingerprint density at radius 2 is 1.05 bits per heavy atom. The first-order chi connectivity index (χ1) is 21.6. The highest BCUT2D eigenvalue weighted by atomic mass is 14.6. The van der Waals surface area contributed by atoms with Crippen LogP contribution in [0, 0.1) is 12.3 Å². The maximum absolute atomic E-state index is 6.39. The predicted octanol–water partition coefficient (Wildman–Crippen LogP) is 11.0. The molecule has 44 heavy (non-hydrogen) atoms. The van der Waals surface area contributed by atoms with E-state index in [2.05, 4.69) is 166 Å². The summed E-state index contributed by atoms with van der Waals surface area (Å²) < 4.78 is 0. The van der Waals surface area contributed by atoms with E-state index in [9.17, 15) is 0 Å². The molecule has 2 heteroatoms. The number of hydrogen-bond donors (Lipinski definition) is 2. The molecule has 0 heterocycles. The van der Waals surface area contributed by atoms with Gasteiger partial charge in [-0.05, 0) is 83.6 Å². The van der Waals surface area contributed by atoms with Gasteiger partial charge < -0.3 is 11.1 Å². The molecule has 6 aromatic carbocycles. The van der Waals surface area contributed by atoms with Crippen molar-refractivity contribution in [1.82, 2.24) is 0 Å². The Morgan fingerprint density at radius 1 is 0.568 bits per heavy atom. The van der Waals surface area contributed by atoms with Crippen molar-refractivity contribution in [2.24, 2.45) is 0 Å². The van der Waals surface area contributed by atoms with E-state index in [4.69, 9.17) is 11.1 Å². The van der Waals surface area contributed by atoms with E-state index in [1.807, 2.05) is 18.2 Å². The van der Waals surface area contributed by atoms with Crippen molar-refractivity contribution in [3.8, 4) is 22.3 Å². The summed E-state index contributed by atoms with van der Waals surface area (Å²) in [6, 6.07) is 55.0. The second-order valence-corrected chi connectivity index (χ2v) is 10.6. The van der Waals surface area contributed by atoms with Gasteiger partial charge in [0, 0.05) is 11.3 Å². The Balaban J connectivity index is 0.000000245. The summed E-state index contributed by atoms with van der Waals surface area (Å²) in [5, 5.41) is 5.50. The van der Waals surface area contributed by atoms with Gasteiger partial charge in [-0.25, -0.2) is 0 Å². The second-order valence-electron chi connectivity index (χ2n) is 10.6. The van der Waals surface area contributed by atoms with Crippen LogP contribution >= 0.6 is 0 Å². The van der Waals surface area contributed by atoms with E-state index in [1.165, 1.54) is 44.5 Å². The zero-order chi connectivity index (χ0) is 31.1. The van der Waals surface area contributed by atoms with Gasteiger partial charge in [-0.2, -0.15) is 0 Å². The molecule has 0 aromatic heterocycles. The lowest BCUT2D eigenvalue weighted by atomic mass is 9.94. The highest BCUT2D eigenvalue weighted by Gasteiger charge is 2.08. The molecule has 0 aliphatic rings. The fraction of sp³-hybridized carbons (Fsp3) is 0.0714. The van der Waals surface area contributed by atoms with Crippen LogP contribution in [0.3, 0.4) is 0 Å². The standard InChI is InChI=1S/C28H25N.C13H12.CH3N/c1-20-11-13-22(14-12-20)21(2)19-27-26(9-6-10-28(27)29)25-17-15-24(16-18-25)23-7-4-3-5-8-23;1-3-7-12(8-4-1)11-13-9-5-2-6-10-13;1-2/h3-19H,29H2,1-2H3;1-10H,11H2;2H,1H2/b21-19+;;. The van der Waals surface area contributed by atoms with Crippen molar-refractivity contribution in [3.63, 3.8) is 0 Å². The molecular weight excluding hydrogens is 532 g/mol. The number of hydrogen-bond acceptors (Lipinski definition) is 2. The van der Waals surface area contributed by atoms with Crippen LogP contribution in [-0.4, -0.2) is 6.72 Å². The Labute approximate surface area is 262 Å². The monoisotopic (exact) mass is 572 g/mol. The number of benzene rings is 6. The van der Waals surface area contributed by atoms with Gasteiger partial charge in [0.05, 0.1) is 0 Å². The Hall–Kier alpha value is -5.47. The zero-order valence-corrected chi connectivity index (χ0v) is 25.6. The van der Waals surface area contributed by atoms with Crippen molar-refractivity contribution in [1.29, 1.82) is 5.41 Å². The van der Waals surface area contributed by atoms with Gasteiger partial charge in [0.2, 0.25) is 0 Å². The van der Waals surface area contributed by atoms with Gasteiger partial charge in [0.25, 0.3) is 0 Å². The average molecular weight is 573 g/mol. The minimum Gasteiger partial charge on any atom is -0.398 e. The van der Waals surface area contributed by atoms with Gasteiger partial charge in [-0.3, -0.25) is 0 Å². The lowest BCUT2D eigenvalue weighted by Gasteiger charge is -2.12. The average Bonchev–Trinajstić information content (AvgIpc) is 3.08. The number of rotatable bonds is 6. The van der Waals surface area contributed by atoms with Crippen LogP contribution in [0.15, 0.2) is 158 Å². The Morgan fingerprint density at radius 3 is 1.59 bits per heavy atom. The van der Waals surface area contributed by atoms with Gasteiger partial charge in [-0.15, -0.1) is 0 Å². The summed E-state index contributed by atoms with van der Waals surface area (Å²) in [6.07, 6.45) is 3.22. The fourth-order valence-electron chi connectivity index (χ4n) is 5.01. The van der Waals surface area contributed by atoms with Gasteiger partial charge in [0.15, 0.2) is 0 Å². The number of nitrogen functional groups attached to an aromatic ring is 1. The molecule has 0 spiro atoms. The molecule has 2 nitrogen and oxygen atoms in total. The van der Waals surface area contributed by atoms with Crippen molar-refractivity contribution in [2.45, 2.75) is 20.3 Å². The fourth-order valence-corrected chi connectivity index (χ4v) is 5.01. The first-order valence-electron chi connectivity index (χ1n) is 14.8. The van der Waals surface area contributed by atoms with Crippen LogP contribution in [0.4, 0.5) is 5.69 Å². The van der Waals surface area contributed by atoms with Crippen LogP contribution in [0.5, 0.6) is 0 Å². The summed E-state index contributed by atoms with van der Waals surface area (Å²) in [5.74, 6) is 0. The predicted molar refractivity (Wildman–Crippen MR) is 192 cm³/mol. The van der Waals surface area contributed by atoms with E-state index >= 15 is 0 Å². The molecule has 0 aliphatic heterocycles. The first kappa shape index (κ1) is 31.5. The summed E-state index contributed by atoms with van der Waals surface area (Å²) in [5.41, 5.74) is 19.4. The molecule has 0 unspecified atom stereocenters. The SMILES string of the molecule is C/C(=C\c1c(N)cccc1-c1ccc(-c2ccccc2)cc1)c1ccc(C)cc1.C=N.c1ccc(Cc2ccccc2)cc1. The summed E-state index contributed by atoms with van der Waals surface area (Å²) in [7, 11) is 0. The van der Waals surface area contributed by atoms with Crippen molar-refractivity contribution >= 4 is 24.1 Å². The summed E-state index contributed by atoms with van der Waals surface area (Å²) >= 11 is 0. The molecule has 0 radical (unpaired) electrons. The number of aryl methyl sites for hydroxylation is 1. The topological polar surface area (TPSA) is 49.9 Å². The van der Waals surface area contributed by atoms with E-state index in [-0.39, 0.29) is 0 Å². The zero-order valence-electron chi connectivity index (χ0n) is 25.6. The van der Waals surface area contributed by atoms with Gasteiger partial charge in [0.1, 0.15) is 0 Å². The maximum Gasteiger partial charge on any atom is 0.0394 e. The van der Waals surface area contributed by atoms with Gasteiger partial charge >= 0.3 is 0 Å². The molecule has 0 bridgehead atoms. The third kappa shape index (κ3) is 8.77. The van der Waals surface area contributed by atoms with E-state index in [0.29, 0.717) is 0 Å². The molecule has 6 aromatic rings. The number of anilines is 1. The lowest BCUT2D eigenvalue weighted by Crippen LogP contribution is -1.93. The third-order valence-electron chi connectivity index (χ3n) is 7.40. The molecule has 0 aliphatic carbocycles. The maximum atomic E-state index is 6.39. The largest absolute Gasteiger partial charge is 0.398 e. The van der Waals surface area contributed by atoms with E-state index < -0.39 is 0 Å². The van der Waals surface area contributed by atoms with Crippen LogP contribution in [0.1, 0.15) is 34.7 Å². The number of nitrogens with two attached hydrogens (primary N) is 1. The quantitative estimate of drug-likeness (QED) is 0.116. The van der Waals surface area contributed by atoms with Crippen LogP contribution < -0.4 is 5.73 Å². The normalized spacial score (nSPS) is 10.5. The van der Waals surface area contributed by atoms with Crippen molar-refractivity contribution in [2.75, 3.05) is 5.73 Å². The molecule has 0 saturated heterocycles. The van der Waals surface area contributed by atoms with Crippen LogP contribution in [-0.2, 0) is 6.42 Å². The number of nitrogens with one attached hydrogen (secondary N) is 1. The van der Waals surface area contributed by atoms with Crippen molar-refractivity contribution in [3.05, 3.63) is 186 Å². The minimum atomic E-state index is 0.793. The second kappa shape index (κ2) is 16.2. The van der Waals surface area contributed by atoms with Crippen LogP contribution in [0.2, 0.25) is 0 Å². The molecular formula is C42H40N2. The summed E-state index contributed by atoms with van der Waals surface area (Å²) in [6.45, 7) is 6.74. The summed E-state index contributed by atoms with van der Waals surface area (Å²) in [4.78, 5) is 0. The smallest absolute Gasteiger partial charge is 0.0394 e. The van der Waals surface area contributed by atoms with E-state index in [0.717, 1.165) is 23.2 Å². The molecule has 218 valence electrons. The number of allylic oxidation sites excluding steroid dienone is 1. The highest BCUT2D eigenvalue weighted by Crippen LogP contribution is 2.33. The Kier molecular flexibility index (Phi) is 11.6. The first-order valence-corrected chi connectivity index (χ1v) is 14.8. The van der Waals surface area contributed by atoms with Crippen molar-refractivity contribution < 1.29 is 0 Å². The highest BCUT2D eigenvalue weighted by molar-refractivity contribution is 5.91. The molecule has 3 N–H and O–H groups in total. The lowest BCUT2D eigenvalue weighted by molar-refractivity contribution is 1.19. The minimum absolute atomic E-state index is 0.793. The molecule has 6 rings (SSSR count). The molecule has 0 saturated carbocycles. The molecule has 0 fully saturated rings. The third-order valence-corrected chi connectivity index (χ3v) is 7.40. The Bertz CT molecular complexity index is 1700. The molecule has 0 atom stereocenters. The van der Waals surface area contributed by atoms with Gasteiger partial charge in [-0.1, -0.05) is 157 Å². The molecule has 0 amide bonds.